The lowest BCUT2D eigenvalue weighted by Gasteiger charge is -2.24. The average Bonchev–Trinajstić information content (AvgIpc) is 3.07. The summed E-state index contributed by atoms with van der Waals surface area (Å²) in [5.41, 5.74) is 3.53. The third-order valence-corrected chi connectivity index (χ3v) is 5.88. The third kappa shape index (κ3) is 4.54. The lowest BCUT2D eigenvalue weighted by atomic mass is 10.1. The molecule has 0 bridgehead atoms. The highest BCUT2D eigenvalue weighted by atomic mass is 32.2. The molecule has 1 aromatic heterocycles. The van der Waals surface area contributed by atoms with Crippen LogP contribution in [0.3, 0.4) is 0 Å². The van der Waals surface area contributed by atoms with Crippen molar-refractivity contribution in [1.82, 2.24) is 10.3 Å². The van der Waals surface area contributed by atoms with Gasteiger partial charge in [0.2, 0.25) is 15.9 Å². The number of anilines is 1. The monoisotopic (exact) mass is 399 g/mol. The summed E-state index contributed by atoms with van der Waals surface area (Å²) < 4.78 is 25.9. The number of para-hydroxylation sites is 2. The number of nitrogens with zero attached hydrogens (tertiary/aromatic N) is 1. The molecule has 0 spiro atoms. The van der Waals surface area contributed by atoms with Crippen LogP contribution in [0, 0.1) is 0 Å². The van der Waals surface area contributed by atoms with E-state index in [1.54, 1.807) is 6.07 Å². The number of sulfonamides is 1. The number of aromatic amines is 1. The van der Waals surface area contributed by atoms with Crippen molar-refractivity contribution >= 4 is 32.5 Å². The Morgan fingerprint density at radius 3 is 2.54 bits per heavy atom. The molecule has 3 aromatic rings. The number of rotatable bonds is 8. The number of nitrogens with one attached hydrogen (secondary N) is 2. The second-order valence-electron chi connectivity index (χ2n) is 6.70. The molecule has 0 saturated heterocycles. The van der Waals surface area contributed by atoms with Gasteiger partial charge in [-0.3, -0.25) is 9.10 Å². The number of fused-ring (bicyclic) bond motifs is 1. The van der Waals surface area contributed by atoms with E-state index in [1.807, 2.05) is 55.6 Å². The number of hydrogen-bond donors (Lipinski definition) is 2. The van der Waals surface area contributed by atoms with Crippen LogP contribution >= 0.6 is 0 Å². The van der Waals surface area contributed by atoms with Crippen LogP contribution in [-0.2, 0) is 27.7 Å². The van der Waals surface area contributed by atoms with E-state index in [0.29, 0.717) is 5.69 Å². The van der Waals surface area contributed by atoms with Gasteiger partial charge in [-0.2, -0.15) is 0 Å². The summed E-state index contributed by atoms with van der Waals surface area (Å²) in [6.45, 7) is 2.42. The molecule has 0 saturated carbocycles. The number of aromatic nitrogens is 1. The summed E-state index contributed by atoms with van der Waals surface area (Å²) >= 11 is 0. The molecular formula is C21H25N3O3S. The number of amides is 1. The predicted molar refractivity (Wildman–Crippen MR) is 113 cm³/mol. The lowest BCUT2D eigenvalue weighted by molar-refractivity contribution is -0.120. The van der Waals surface area contributed by atoms with Crippen LogP contribution in [0.25, 0.3) is 10.9 Å². The standard InChI is InChI=1S/C21H25N3O3S/c1-3-16-8-4-7-11-20(16)24(28(2,26)27)13-12-22-21(25)14-17-15-23-19-10-6-5-9-18(17)19/h4-11,15,23H,3,12-14H2,1-2H3,(H,22,25). The maximum Gasteiger partial charge on any atom is 0.232 e. The van der Waals surface area contributed by atoms with Crippen LogP contribution in [0.15, 0.2) is 54.7 Å². The summed E-state index contributed by atoms with van der Waals surface area (Å²) in [5, 5.41) is 3.86. The van der Waals surface area contributed by atoms with E-state index < -0.39 is 10.0 Å². The van der Waals surface area contributed by atoms with E-state index in [0.717, 1.165) is 28.5 Å². The van der Waals surface area contributed by atoms with Gasteiger partial charge in [0.05, 0.1) is 24.9 Å². The van der Waals surface area contributed by atoms with Crippen molar-refractivity contribution in [3.05, 3.63) is 65.9 Å². The molecule has 3 rings (SSSR count). The van der Waals surface area contributed by atoms with E-state index in [-0.39, 0.29) is 25.4 Å². The number of hydrogen-bond acceptors (Lipinski definition) is 3. The van der Waals surface area contributed by atoms with Gasteiger partial charge in [-0.15, -0.1) is 0 Å². The summed E-state index contributed by atoms with van der Waals surface area (Å²) in [6.07, 6.45) is 4.00. The number of carbonyl (C=O) groups excluding carboxylic acids is 1. The van der Waals surface area contributed by atoms with Crippen molar-refractivity contribution in [2.45, 2.75) is 19.8 Å². The highest BCUT2D eigenvalue weighted by Crippen LogP contribution is 2.23. The van der Waals surface area contributed by atoms with Crippen LogP contribution in [0.1, 0.15) is 18.1 Å². The first kappa shape index (κ1) is 19.9. The van der Waals surface area contributed by atoms with Gasteiger partial charge in [-0.1, -0.05) is 43.3 Å². The Bertz CT molecular complexity index is 1070. The van der Waals surface area contributed by atoms with Crippen LogP contribution in [0.4, 0.5) is 5.69 Å². The minimum atomic E-state index is -3.45. The molecule has 0 aliphatic heterocycles. The Kier molecular flexibility index (Phi) is 6.04. The van der Waals surface area contributed by atoms with Gasteiger partial charge >= 0.3 is 0 Å². The van der Waals surface area contributed by atoms with Crippen molar-refractivity contribution < 1.29 is 13.2 Å². The minimum absolute atomic E-state index is 0.137. The van der Waals surface area contributed by atoms with Crippen LogP contribution in [-0.4, -0.2) is 38.7 Å². The number of carbonyl (C=O) groups is 1. The third-order valence-electron chi connectivity index (χ3n) is 4.70. The normalized spacial score (nSPS) is 11.5. The summed E-state index contributed by atoms with van der Waals surface area (Å²) in [4.78, 5) is 15.5. The predicted octanol–water partition coefficient (Wildman–Crippen LogP) is 2.86. The molecule has 2 N–H and O–H groups in total. The Labute approximate surface area is 165 Å². The van der Waals surface area contributed by atoms with E-state index in [9.17, 15) is 13.2 Å². The fourth-order valence-corrected chi connectivity index (χ4v) is 4.29. The quantitative estimate of drug-likeness (QED) is 0.611. The first-order valence-electron chi connectivity index (χ1n) is 9.27. The van der Waals surface area contributed by atoms with Gasteiger partial charge in [0.15, 0.2) is 0 Å². The van der Waals surface area contributed by atoms with E-state index >= 15 is 0 Å². The number of H-pyrrole nitrogens is 1. The van der Waals surface area contributed by atoms with Gasteiger partial charge in [-0.05, 0) is 29.7 Å². The highest BCUT2D eigenvalue weighted by Gasteiger charge is 2.19. The van der Waals surface area contributed by atoms with E-state index in [4.69, 9.17) is 0 Å². The lowest BCUT2D eigenvalue weighted by Crippen LogP contribution is -2.39. The summed E-state index contributed by atoms with van der Waals surface area (Å²) in [6, 6.07) is 15.3. The minimum Gasteiger partial charge on any atom is -0.361 e. The van der Waals surface area contributed by atoms with Crippen molar-refractivity contribution in [1.29, 1.82) is 0 Å². The molecule has 28 heavy (non-hydrogen) atoms. The molecule has 0 unspecified atom stereocenters. The fourth-order valence-electron chi connectivity index (χ4n) is 3.33. The summed E-state index contributed by atoms with van der Waals surface area (Å²) in [7, 11) is -3.45. The molecule has 6 nitrogen and oxygen atoms in total. The fraction of sp³-hybridized carbons (Fsp3) is 0.286. The molecule has 0 aliphatic carbocycles. The Hall–Kier alpha value is -2.80. The maximum atomic E-state index is 12.4. The first-order chi connectivity index (χ1) is 13.4. The van der Waals surface area contributed by atoms with E-state index in [2.05, 4.69) is 10.3 Å². The molecule has 0 radical (unpaired) electrons. The number of aryl methyl sites for hydroxylation is 1. The SMILES string of the molecule is CCc1ccccc1N(CCNC(=O)Cc1c[nH]c2ccccc12)S(C)(=O)=O. The zero-order valence-electron chi connectivity index (χ0n) is 16.1. The average molecular weight is 400 g/mol. The molecule has 0 atom stereocenters. The smallest absolute Gasteiger partial charge is 0.232 e. The molecule has 1 amide bonds. The maximum absolute atomic E-state index is 12.4. The molecule has 0 aliphatic rings. The van der Waals surface area contributed by atoms with Crippen LogP contribution in [0.2, 0.25) is 0 Å². The second-order valence-corrected chi connectivity index (χ2v) is 8.61. The molecule has 0 fully saturated rings. The van der Waals surface area contributed by atoms with Crippen LogP contribution < -0.4 is 9.62 Å². The van der Waals surface area contributed by atoms with Gasteiger partial charge in [0, 0.05) is 23.6 Å². The molecule has 148 valence electrons. The van der Waals surface area contributed by atoms with Crippen molar-refractivity contribution in [2.75, 3.05) is 23.7 Å². The van der Waals surface area contributed by atoms with E-state index in [1.165, 1.54) is 10.6 Å². The first-order valence-corrected chi connectivity index (χ1v) is 11.1. The van der Waals surface area contributed by atoms with Crippen LogP contribution in [0.5, 0.6) is 0 Å². The summed E-state index contributed by atoms with van der Waals surface area (Å²) in [5.74, 6) is -0.137. The molecule has 2 aromatic carbocycles. The van der Waals surface area contributed by atoms with Crippen molar-refractivity contribution in [3.8, 4) is 0 Å². The van der Waals surface area contributed by atoms with Crippen molar-refractivity contribution in [3.63, 3.8) is 0 Å². The molecular weight excluding hydrogens is 374 g/mol. The van der Waals surface area contributed by atoms with Gasteiger partial charge in [-0.25, -0.2) is 8.42 Å². The molecule has 7 heteroatoms. The van der Waals surface area contributed by atoms with Crippen molar-refractivity contribution in [2.24, 2.45) is 0 Å². The Morgan fingerprint density at radius 1 is 1.07 bits per heavy atom. The highest BCUT2D eigenvalue weighted by molar-refractivity contribution is 7.92. The Morgan fingerprint density at radius 2 is 1.79 bits per heavy atom. The molecule has 1 heterocycles. The largest absolute Gasteiger partial charge is 0.361 e. The Balaban J connectivity index is 1.65. The van der Waals surface area contributed by atoms with Gasteiger partial charge in [0.1, 0.15) is 0 Å². The topological polar surface area (TPSA) is 82.3 Å². The zero-order chi connectivity index (χ0) is 20.1. The zero-order valence-corrected chi connectivity index (χ0v) is 16.9. The second kappa shape index (κ2) is 8.48. The van der Waals surface area contributed by atoms with Gasteiger partial charge in [0.25, 0.3) is 0 Å². The number of benzene rings is 2. The van der Waals surface area contributed by atoms with Gasteiger partial charge < -0.3 is 10.3 Å².